The SMILES string of the molecule is CC[C@@]1(c2ccc(CC3CCCCC3)c(Cl)c2)NC(=O)N(c2ccc(C(=O)O)c(OC)c2)C=C1CCOC. The molecule has 0 spiro atoms. The number of carboxylic acid groups (broad SMARTS) is 1. The minimum absolute atomic E-state index is 0.0307. The Kier molecular flexibility index (Phi) is 9.00. The molecule has 0 radical (unpaired) electrons. The van der Waals surface area contributed by atoms with E-state index in [2.05, 4.69) is 17.4 Å². The molecule has 4 rings (SSSR count). The summed E-state index contributed by atoms with van der Waals surface area (Å²) in [7, 11) is 3.06. The molecule has 7 nitrogen and oxygen atoms in total. The van der Waals surface area contributed by atoms with E-state index in [0.29, 0.717) is 31.1 Å². The molecule has 1 aliphatic carbocycles. The van der Waals surface area contributed by atoms with Crippen molar-refractivity contribution in [1.82, 2.24) is 5.32 Å². The molecule has 2 aromatic rings. The first kappa shape index (κ1) is 28.0. The molecule has 0 saturated heterocycles. The average molecular weight is 541 g/mol. The summed E-state index contributed by atoms with van der Waals surface area (Å²) in [5.41, 5.74) is 2.85. The second-order valence-corrected chi connectivity index (χ2v) is 10.6. The number of amides is 2. The van der Waals surface area contributed by atoms with Crippen LogP contribution in [0.2, 0.25) is 5.02 Å². The minimum Gasteiger partial charge on any atom is -0.496 e. The van der Waals surface area contributed by atoms with Crippen molar-refractivity contribution >= 4 is 29.3 Å². The van der Waals surface area contributed by atoms with Gasteiger partial charge in [0.25, 0.3) is 0 Å². The summed E-state index contributed by atoms with van der Waals surface area (Å²) < 4.78 is 10.7. The second kappa shape index (κ2) is 12.2. The van der Waals surface area contributed by atoms with Crippen LogP contribution >= 0.6 is 11.6 Å². The number of benzene rings is 2. The van der Waals surface area contributed by atoms with E-state index in [9.17, 15) is 14.7 Å². The number of rotatable bonds is 10. The Labute approximate surface area is 229 Å². The Bertz CT molecular complexity index is 1210. The third-order valence-electron chi connectivity index (χ3n) is 7.95. The Hall–Kier alpha value is -3.03. The van der Waals surface area contributed by atoms with E-state index in [1.165, 1.54) is 50.2 Å². The number of urea groups is 1. The van der Waals surface area contributed by atoms with Gasteiger partial charge < -0.3 is 19.9 Å². The summed E-state index contributed by atoms with van der Waals surface area (Å²) in [5.74, 6) is -0.235. The molecule has 204 valence electrons. The lowest BCUT2D eigenvalue weighted by atomic mass is 9.77. The molecule has 1 aliphatic heterocycles. The van der Waals surface area contributed by atoms with Gasteiger partial charge >= 0.3 is 12.0 Å². The maximum absolute atomic E-state index is 13.5. The van der Waals surface area contributed by atoms with E-state index < -0.39 is 11.5 Å². The third-order valence-corrected chi connectivity index (χ3v) is 8.30. The van der Waals surface area contributed by atoms with Crippen LogP contribution in [-0.4, -0.2) is 37.9 Å². The van der Waals surface area contributed by atoms with E-state index in [0.717, 1.165) is 28.1 Å². The van der Waals surface area contributed by atoms with Crippen molar-refractivity contribution in [3.63, 3.8) is 0 Å². The molecule has 1 heterocycles. The molecular weight excluding hydrogens is 504 g/mol. The van der Waals surface area contributed by atoms with Crippen molar-refractivity contribution in [3.05, 3.63) is 69.9 Å². The first-order valence-corrected chi connectivity index (χ1v) is 13.7. The number of aromatic carboxylic acids is 1. The van der Waals surface area contributed by atoms with Crippen LogP contribution in [0, 0.1) is 5.92 Å². The van der Waals surface area contributed by atoms with Crippen LogP contribution < -0.4 is 15.0 Å². The van der Waals surface area contributed by atoms with Crippen molar-refractivity contribution in [2.45, 2.75) is 63.8 Å². The van der Waals surface area contributed by atoms with Gasteiger partial charge in [-0.2, -0.15) is 0 Å². The zero-order chi connectivity index (χ0) is 27.3. The maximum Gasteiger partial charge on any atom is 0.339 e. The summed E-state index contributed by atoms with van der Waals surface area (Å²) in [4.78, 5) is 26.6. The Morgan fingerprint density at radius 1 is 1.16 bits per heavy atom. The number of nitrogens with one attached hydrogen (secondary N) is 1. The fourth-order valence-corrected chi connectivity index (χ4v) is 6.05. The van der Waals surface area contributed by atoms with Gasteiger partial charge in [-0.15, -0.1) is 0 Å². The number of carboxylic acids is 1. The number of hydrogen-bond donors (Lipinski definition) is 2. The van der Waals surface area contributed by atoms with Crippen LogP contribution in [0.15, 0.2) is 48.2 Å². The number of carbonyl (C=O) groups is 2. The van der Waals surface area contributed by atoms with Crippen molar-refractivity contribution in [1.29, 1.82) is 0 Å². The van der Waals surface area contributed by atoms with Gasteiger partial charge in [-0.05, 0) is 60.1 Å². The van der Waals surface area contributed by atoms with Crippen molar-refractivity contribution in [2.24, 2.45) is 5.92 Å². The molecule has 8 heteroatoms. The lowest BCUT2D eigenvalue weighted by Crippen LogP contribution is -2.55. The van der Waals surface area contributed by atoms with Crippen LogP contribution in [0.1, 0.15) is 73.4 Å². The summed E-state index contributed by atoms with van der Waals surface area (Å²) in [6, 6.07) is 10.5. The van der Waals surface area contributed by atoms with Crippen LogP contribution in [0.3, 0.4) is 0 Å². The van der Waals surface area contributed by atoms with Gasteiger partial charge in [0.2, 0.25) is 0 Å². The number of anilines is 1. The number of hydrogen-bond acceptors (Lipinski definition) is 4. The van der Waals surface area contributed by atoms with Gasteiger partial charge in [0, 0.05) is 24.4 Å². The molecule has 1 fully saturated rings. The van der Waals surface area contributed by atoms with E-state index in [4.69, 9.17) is 21.1 Å². The summed E-state index contributed by atoms with van der Waals surface area (Å²) >= 11 is 6.84. The van der Waals surface area contributed by atoms with Crippen LogP contribution in [0.25, 0.3) is 0 Å². The molecule has 1 atom stereocenters. The minimum atomic E-state index is -1.10. The highest BCUT2D eigenvalue weighted by molar-refractivity contribution is 6.31. The number of methoxy groups -OCH3 is 2. The van der Waals surface area contributed by atoms with E-state index in [1.54, 1.807) is 19.2 Å². The van der Waals surface area contributed by atoms with Gasteiger partial charge in [0.05, 0.1) is 24.9 Å². The Morgan fingerprint density at radius 2 is 1.92 bits per heavy atom. The molecule has 0 aromatic heterocycles. The van der Waals surface area contributed by atoms with Crippen molar-refractivity contribution in [3.8, 4) is 5.75 Å². The van der Waals surface area contributed by atoms with Crippen LogP contribution in [0.5, 0.6) is 5.75 Å². The molecule has 0 bridgehead atoms. The molecule has 0 unspecified atom stereocenters. The monoisotopic (exact) mass is 540 g/mol. The lowest BCUT2D eigenvalue weighted by Gasteiger charge is -2.43. The lowest BCUT2D eigenvalue weighted by molar-refractivity contribution is 0.0693. The molecule has 38 heavy (non-hydrogen) atoms. The van der Waals surface area contributed by atoms with Gasteiger partial charge in [0.15, 0.2) is 0 Å². The zero-order valence-corrected chi connectivity index (χ0v) is 23.1. The smallest absolute Gasteiger partial charge is 0.339 e. The molecule has 2 N–H and O–H groups in total. The summed E-state index contributed by atoms with van der Waals surface area (Å²) in [6.07, 6.45) is 10.5. The molecule has 2 aromatic carbocycles. The highest BCUT2D eigenvalue weighted by Crippen LogP contribution is 2.41. The van der Waals surface area contributed by atoms with E-state index in [-0.39, 0.29) is 17.3 Å². The maximum atomic E-state index is 13.5. The highest BCUT2D eigenvalue weighted by atomic mass is 35.5. The average Bonchev–Trinajstić information content (AvgIpc) is 2.93. The Morgan fingerprint density at radius 3 is 2.55 bits per heavy atom. The van der Waals surface area contributed by atoms with Gasteiger partial charge in [-0.3, -0.25) is 4.90 Å². The van der Waals surface area contributed by atoms with Gasteiger partial charge in [-0.1, -0.05) is 62.8 Å². The van der Waals surface area contributed by atoms with Gasteiger partial charge in [0.1, 0.15) is 11.3 Å². The first-order valence-electron chi connectivity index (χ1n) is 13.3. The largest absolute Gasteiger partial charge is 0.496 e. The third kappa shape index (κ3) is 5.69. The normalized spacial score (nSPS) is 20.2. The predicted octanol–water partition coefficient (Wildman–Crippen LogP) is 6.93. The molecule has 2 amide bonds. The fourth-order valence-electron chi connectivity index (χ4n) is 5.79. The highest BCUT2D eigenvalue weighted by Gasteiger charge is 2.41. The zero-order valence-electron chi connectivity index (χ0n) is 22.4. The molecule has 1 saturated carbocycles. The first-order chi connectivity index (χ1) is 18.3. The van der Waals surface area contributed by atoms with Crippen molar-refractivity contribution < 1.29 is 24.2 Å². The van der Waals surface area contributed by atoms with Gasteiger partial charge in [-0.25, -0.2) is 9.59 Å². The summed E-state index contributed by atoms with van der Waals surface area (Å²) in [5, 5.41) is 13.4. The number of nitrogens with zero attached hydrogens (tertiary/aromatic N) is 1. The number of halogens is 1. The van der Waals surface area contributed by atoms with E-state index in [1.807, 2.05) is 19.2 Å². The second-order valence-electron chi connectivity index (χ2n) is 10.2. The quantitative estimate of drug-likeness (QED) is 0.341. The van der Waals surface area contributed by atoms with Crippen LogP contribution in [0.4, 0.5) is 10.5 Å². The van der Waals surface area contributed by atoms with Crippen molar-refractivity contribution in [2.75, 3.05) is 25.7 Å². The number of ether oxygens (including phenoxy) is 2. The summed E-state index contributed by atoms with van der Waals surface area (Å²) in [6.45, 7) is 2.52. The molecule has 2 aliphatic rings. The topological polar surface area (TPSA) is 88.1 Å². The standard InChI is InChI=1S/C30H37ClN2O5/c1-4-30(22-11-10-21(26(31)17-22)16-20-8-6-5-7-9-20)23(14-15-37-2)19-33(29(36)32-30)24-12-13-25(28(34)35)27(18-24)38-3/h10-13,17-20H,4-9,14-16H2,1-3H3,(H,32,36)(H,34,35)/t30-/m0/s1. The predicted molar refractivity (Wildman–Crippen MR) is 149 cm³/mol. The fraction of sp³-hybridized carbons (Fsp3) is 0.467. The number of carbonyl (C=O) groups excluding carboxylic acids is 1. The van der Waals surface area contributed by atoms with Crippen LogP contribution in [-0.2, 0) is 16.7 Å². The van der Waals surface area contributed by atoms with E-state index >= 15 is 0 Å². The molecular formula is C30H37ClN2O5. The Balaban J connectivity index is 1.71.